The third kappa shape index (κ3) is 2.16. The Morgan fingerprint density at radius 2 is 2.22 bits per heavy atom. The fraction of sp³-hybridized carbons (Fsp3) is 0.364. The van der Waals surface area contributed by atoms with Crippen LogP contribution in [0.3, 0.4) is 0 Å². The van der Waals surface area contributed by atoms with Gasteiger partial charge in [0, 0.05) is 12.0 Å². The van der Waals surface area contributed by atoms with E-state index in [0.29, 0.717) is 5.69 Å². The van der Waals surface area contributed by atoms with E-state index in [0.717, 1.165) is 5.01 Å². The Hall–Kier alpha value is -1.66. The van der Waals surface area contributed by atoms with Crippen molar-refractivity contribution in [3.8, 4) is 5.75 Å². The molecule has 1 atom stereocenters. The zero-order valence-electron chi connectivity index (χ0n) is 9.98. The van der Waals surface area contributed by atoms with E-state index >= 15 is 0 Å². The molecule has 98 valence electrons. The van der Waals surface area contributed by atoms with Crippen molar-refractivity contribution in [1.82, 2.24) is 5.43 Å². The summed E-state index contributed by atoms with van der Waals surface area (Å²) in [7, 11) is 0. The minimum Gasteiger partial charge on any atom is -0.506 e. The summed E-state index contributed by atoms with van der Waals surface area (Å²) in [5, 5.41) is 10.8. The Bertz CT molecular complexity index is 493. The van der Waals surface area contributed by atoms with Crippen LogP contribution in [0.15, 0.2) is 12.1 Å². The van der Waals surface area contributed by atoms with Crippen molar-refractivity contribution in [2.75, 3.05) is 10.7 Å². The zero-order chi connectivity index (χ0) is 13.4. The van der Waals surface area contributed by atoms with Gasteiger partial charge in [0.05, 0.1) is 16.4 Å². The van der Waals surface area contributed by atoms with Gasteiger partial charge in [-0.05, 0) is 6.07 Å². The highest BCUT2D eigenvalue weighted by Gasteiger charge is 2.34. The van der Waals surface area contributed by atoms with Crippen LogP contribution < -0.4 is 16.2 Å². The van der Waals surface area contributed by atoms with Gasteiger partial charge in [0.25, 0.3) is 0 Å². The molecule has 0 aliphatic carbocycles. The molecule has 1 amide bonds. The second kappa shape index (κ2) is 4.55. The summed E-state index contributed by atoms with van der Waals surface area (Å²) in [4.78, 5) is 11.7. The van der Waals surface area contributed by atoms with Crippen molar-refractivity contribution in [3.05, 3.63) is 17.2 Å². The number of ether oxygens (including phenoxy) is 1. The van der Waals surface area contributed by atoms with Gasteiger partial charge in [0.1, 0.15) is 5.75 Å². The van der Waals surface area contributed by atoms with Gasteiger partial charge in [-0.2, -0.15) is 5.43 Å². The van der Waals surface area contributed by atoms with Crippen LogP contribution in [0.1, 0.15) is 13.8 Å². The molecule has 0 aromatic heterocycles. The summed E-state index contributed by atoms with van der Waals surface area (Å²) in [6, 6.07) is 2.69. The molecule has 1 fully saturated rings. The summed E-state index contributed by atoms with van der Waals surface area (Å²) >= 11 is 5.72. The topological polar surface area (TPSA) is 87.8 Å². The van der Waals surface area contributed by atoms with Crippen LogP contribution in [0.4, 0.5) is 16.2 Å². The van der Waals surface area contributed by atoms with Gasteiger partial charge in [0.2, 0.25) is 0 Å². The van der Waals surface area contributed by atoms with Crippen molar-refractivity contribution in [1.29, 1.82) is 0 Å². The number of carbonyl (C=O) groups is 1. The molecule has 4 N–H and O–H groups in total. The number of nitrogen functional groups attached to an aromatic ring is 1. The monoisotopic (exact) mass is 271 g/mol. The number of aromatic hydroxyl groups is 1. The Morgan fingerprint density at radius 3 is 2.78 bits per heavy atom. The Morgan fingerprint density at radius 1 is 1.56 bits per heavy atom. The molecule has 1 aromatic carbocycles. The number of carbonyl (C=O) groups excluding carboxylic acids is 1. The van der Waals surface area contributed by atoms with Gasteiger partial charge < -0.3 is 15.6 Å². The summed E-state index contributed by atoms with van der Waals surface area (Å²) in [5.41, 5.74) is 9.22. The van der Waals surface area contributed by atoms with Crippen LogP contribution >= 0.6 is 11.6 Å². The van der Waals surface area contributed by atoms with Crippen molar-refractivity contribution in [2.24, 2.45) is 5.92 Å². The number of phenolic OH excluding ortho intramolecular Hbond substituents is 1. The number of amides is 1. The first-order valence-corrected chi connectivity index (χ1v) is 5.83. The molecular formula is C11H14ClN3O3. The lowest BCUT2D eigenvalue weighted by molar-refractivity contribution is 0.0993. The van der Waals surface area contributed by atoms with Crippen LogP contribution in [-0.2, 0) is 4.74 Å². The smallest absolute Gasteiger partial charge is 0.430 e. The number of hydrogen-bond acceptors (Lipinski definition) is 5. The van der Waals surface area contributed by atoms with Crippen LogP contribution in [0.5, 0.6) is 5.75 Å². The highest BCUT2D eigenvalue weighted by Crippen LogP contribution is 2.35. The van der Waals surface area contributed by atoms with E-state index in [-0.39, 0.29) is 22.4 Å². The Kier molecular flexibility index (Phi) is 3.23. The fourth-order valence-electron chi connectivity index (χ4n) is 1.58. The predicted octanol–water partition coefficient (Wildman–Crippen LogP) is 2.07. The molecule has 18 heavy (non-hydrogen) atoms. The number of nitrogens with two attached hydrogens (primary N) is 1. The number of anilines is 2. The first-order chi connectivity index (χ1) is 8.40. The van der Waals surface area contributed by atoms with E-state index in [4.69, 9.17) is 22.1 Å². The molecule has 0 spiro atoms. The standard InChI is InChI=1S/C11H14ClN3O3/c1-5(2)10-14-15(11(17)18-10)8-4-9(16)6(12)3-7(8)13/h3-5,10,14,16H,13H2,1-2H3. The van der Waals surface area contributed by atoms with Gasteiger partial charge in [-0.25, -0.2) is 9.80 Å². The molecular weight excluding hydrogens is 258 g/mol. The van der Waals surface area contributed by atoms with Crippen molar-refractivity contribution >= 4 is 29.1 Å². The number of rotatable bonds is 2. The normalized spacial score (nSPS) is 19.4. The molecule has 0 saturated carbocycles. The van der Waals surface area contributed by atoms with E-state index in [2.05, 4.69) is 5.43 Å². The molecule has 6 nitrogen and oxygen atoms in total. The van der Waals surface area contributed by atoms with Gasteiger partial charge in [-0.3, -0.25) is 0 Å². The van der Waals surface area contributed by atoms with Crippen molar-refractivity contribution < 1.29 is 14.6 Å². The quantitative estimate of drug-likeness (QED) is 0.566. The highest BCUT2D eigenvalue weighted by atomic mass is 35.5. The summed E-state index contributed by atoms with van der Waals surface area (Å²) in [6.45, 7) is 3.83. The van der Waals surface area contributed by atoms with Crippen molar-refractivity contribution in [2.45, 2.75) is 20.1 Å². The molecule has 1 saturated heterocycles. The highest BCUT2D eigenvalue weighted by molar-refractivity contribution is 6.32. The number of hydrogen-bond donors (Lipinski definition) is 3. The number of cyclic esters (lactones) is 1. The summed E-state index contributed by atoms with van der Waals surface area (Å²) in [6.07, 6.45) is -0.989. The van der Waals surface area contributed by atoms with E-state index < -0.39 is 12.3 Å². The third-order valence-electron chi connectivity index (χ3n) is 2.61. The maximum absolute atomic E-state index is 11.7. The first kappa shape index (κ1) is 12.8. The lowest BCUT2D eigenvalue weighted by atomic mass is 10.2. The lowest BCUT2D eigenvalue weighted by Gasteiger charge is -2.17. The number of hydrazine groups is 1. The average Bonchev–Trinajstić information content (AvgIpc) is 2.66. The molecule has 2 rings (SSSR count). The third-order valence-corrected chi connectivity index (χ3v) is 2.91. The SMILES string of the molecule is CC(C)C1NN(c2cc(O)c(Cl)cc2N)C(=O)O1. The first-order valence-electron chi connectivity index (χ1n) is 5.45. The summed E-state index contributed by atoms with van der Waals surface area (Å²) < 4.78 is 5.12. The molecule has 1 aliphatic heterocycles. The zero-order valence-corrected chi connectivity index (χ0v) is 10.7. The van der Waals surface area contributed by atoms with Crippen LogP contribution in [0, 0.1) is 5.92 Å². The predicted molar refractivity (Wildman–Crippen MR) is 68.3 cm³/mol. The minimum atomic E-state index is -0.567. The van der Waals surface area contributed by atoms with Crippen molar-refractivity contribution in [3.63, 3.8) is 0 Å². The maximum Gasteiger partial charge on any atom is 0.430 e. The number of benzene rings is 1. The minimum absolute atomic E-state index is 0.112. The summed E-state index contributed by atoms with van der Waals surface area (Å²) in [5.74, 6) is -0.0375. The molecule has 1 heterocycles. The largest absolute Gasteiger partial charge is 0.506 e. The van der Waals surface area contributed by atoms with Crippen LogP contribution in [0.2, 0.25) is 5.02 Å². The van der Waals surface area contributed by atoms with Gasteiger partial charge in [-0.15, -0.1) is 0 Å². The second-order valence-corrected chi connectivity index (χ2v) is 4.78. The fourth-order valence-corrected chi connectivity index (χ4v) is 1.75. The Labute approximate surface area is 109 Å². The number of nitrogens with one attached hydrogen (secondary N) is 1. The molecule has 7 heteroatoms. The van der Waals surface area contributed by atoms with Crippen LogP contribution in [0.25, 0.3) is 0 Å². The molecule has 1 unspecified atom stereocenters. The second-order valence-electron chi connectivity index (χ2n) is 4.38. The van der Waals surface area contributed by atoms with E-state index in [1.54, 1.807) is 0 Å². The molecule has 0 bridgehead atoms. The Balaban J connectivity index is 2.33. The molecule has 1 aliphatic rings. The number of nitrogens with zero attached hydrogens (tertiary/aromatic N) is 1. The maximum atomic E-state index is 11.7. The molecule has 1 aromatic rings. The van der Waals surface area contributed by atoms with Gasteiger partial charge in [-0.1, -0.05) is 25.4 Å². The molecule has 0 radical (unpaired) electrons. The lowest BCUT2D eigenvalue weighted by Crippen LogP contribution is -2.39. The van der Waals surface area contributed by atoms with Gasteiger partial charge >= 0.3 is 6.09 Å². The number of halogens is 1. The number of phenols is 1. The van der Waals surface area contributed by atoms with Crippen LogP contribution in [-0.4, -0.2) is 17.4 Å². The van der Waals surface area contributed by atoms with E-state index in [1.165, 1.54) is 12.1 Å². The van der Waals surface area contributed by atoms with E-state index in [9.17, 15) is 9.90 Å². The van der Waals surface area contributed by atoms with E-state index in [1.807, 2.05) is 13.8 Å². The average molecular weight is 272 g/mol. The van der Waals surface area contributed by atoms with Gasteiger partial charge in [0.15, 0.2) is 6.23 Å².